The second-order valence-electron chi connectivity index (χ2n) is 10.7. The smallest absolute Gasteiger partial charge is 4.00 e. The molecule has 0 aliphatic rings. The van der Waals surface area contributed by atoms with Crippen molar-refractivity contribution in [1.29, 1.82) is 0 Å². The monoisotopic (exact) mass is 751 g/mol. The van der Waals surface area contributed by atoms with Gasteiger partial charge in [0.1, 0.15) is 0 Å². The Morgan fingerprint density at radius 1 is 0.500 bits per heavy atom. The molecule has 42 heavy (non-hydrogen) atoms. The van der Waals surface area contributed by atoms with Gasteiger partial charge in [-0.05, 0) is 0 Å². The Morgan fingerprint density at radius 3 is 0.833 bits per heavy atom. The van der Waals surface area contributed by atoms with E-state index in [1.807, 2.05) is 0 Å². The van der Waals surface area contributed by atoms with E-state index < -0.39 is 28.8 Å². The zero-order valence-corrected chi connectivity index (χ0v) is 33.1. The van der Waals surface area contributed by atoms with Crippen LogP contribution in [0, 0.1) is 0 Å². The third-order valence-electron chi connectivity index (χ3n) is 6.75. The van der Waals surface area contributed by atoms with Crippen LogP contribution >= 0.6 is 0 Å². The van der Waals surface area contributed by atoms with E-state index in [0.29, 0.717) is 36.3 Å². The molecule has 0 bridgehead atoms. The van der Waals surface area contributed by atoms with Gasteiger partial charge in [0.2, 0.25) is 0 Å². The Labute approximate surface area is 278 Å². The summed E-state index contributed by atoms with van der Waals surface area (Å²) in [6, 6.07) is 7.49. The Balaban J connectivity index is -0.000000233. The zero-order valence-electron chi connectivity index (χ0n) is 28.2. The summed E-state index contributed by atoms with van der Waals surface area (Å²) < 4.78 is 72.3. The number of nitrogens with zero attached hydrogens (tertiary/aromatic N) is 3. The van der Waals surface area contributed by atoms with Crippen LogP contribution in [0.3, 0.4) is 0 Å². The fourth-order valence-corrected chi connectivity index (χ4v) is 6.72. The molecule has 0 aromatic heterocycles. The normalized spacial score (nSPS) is 15.7. The molecule has 1 rings (SSSR count). The third kappa shape index (κ3) is 27.8. The average Bonchev–Trinajstić information content (AvgIpc) is 3.40. The first-order valence-corrected chi connectivity index (χ1v) is 18.9. The SMILES string of the molecule is CCC(C)[N-]C(C)CC.CCC(C)[N-]C(C)CC.CCC(C)[N-]C(C)CC.F[C](F)(F)[GeH]([c-]1cccc1)[C](F)(F)F.[Zr+4]. The summed E-state index contributed by atoms with van der Waals surface area (Å²) in [6.07, 6.45) is 7.03. The first kappa shape index (κ1) is 49.1. The molecule has 0 aliphatic heterocycles. The summed E-state index contributed by atoms with van der Waals surface area (Å²) >= 11 is -5.46. The van der Waals surface area contributed by atoms with Crippen molar-refractivity contribution in [2.75, 3.05) is 0 Å². The van der Waals surface area contributed by atoms with Crippen molar-refractivity contribution in [2.45, 2.75) is 168 Å². The summed E-state index contributed by atoms with van der Waals surface area (Å²) in [5, 5.41) is 3.32. The van der Waals surface area contributed by atoms with Crippen LogP contribution in [0.5, 0.6) is 0 Å². The van der Waals surface area contributed by atoms with Crippen LogP contribution in [0.1, 0.15) is 122 Å². The fourth-order valence-electron chi connectivity index (χ4n) is 3.08. The van der Waals surface area contributed by atoms with E-state index in [0.717, 1.165) is 12.1 Å². The van der Waals surface area contributed by atoms with Crippen LogP contribution in [-0.4, -0.2) is 60.6 Å². The summed E-state index contributed by atoms with van der Waals surface area (Å²) in [5.74, 6) is 0. The minimum absolute atomic E-state index is 0. The molecular formula is C31H59F6GeN3Zr. The van der Waals surface area contributed by atoms with Gasteiger partial charge in [-0.15, -0.1) is 36.3 Å². The van der Waals surface area contributed by atoms with Gasteiger partial charge in [0.15, 0.2) is 0 Å². The molecule has 3 nitrogen and oxygen atoms in total. The van der Waals surface area contributed by atoms with Gasteiger partial charge in [-0.1, -0.05) is 122 Å². The van der Waals surface area contributed by atoms with E-state index in [1.54, 1.807) is 0 Å². The van der Waals surface area contributed by atoms with E-state index in [9.17, 15) is 26.3 Å². The Bertz CT molecular complexity index is 608. The quantitative estimate of drug-likeness (QED) is 0.109. The number of hydrogen-bond donors (Lipinski definition) is 0. The van der Waals surface area contributed by atoms with Crippen LogP contribution in [0.2, 0.25) is 0 Å². The van der Waals surface area contributed by atoms with Crippen molar-refractivity contribution in [1.82, 2.24) is 0 Å². The van der Waals surface area contributed by atoms with E-state index in [-0.39, 0.29) is 26.2 Å². The van der Waals surface area contributed by atoms with Gasteiger partial charge in [0.05, 0.1) is 0 Å². The zero-order chi connectivity index (χ0) is 32.8. The molecule has 0 fully saturated rings. The summed E-state index contributed by atoms with van der Waals surface area (Å²) in [7, 11) is 0. The van der Waals surface area contributed by atoms with Gasteiger partial charge in [0.25, 0.3) is 0 Å². The predicted octanol–water partition coefficient (Wildman–Crippen LogP) is 10.9. The predicted molar refractivity (Wildman–Crippen MR) is 170 cm³/mol. The van der Waals surface area contributed by atoms with Gasteiger partial charge < -0.3 is 16.0 Å². The first-order valence-electron chi connectivity index (χ1n) is 15.3. The van der Waals surface area contributed by atoms with E-state index in [4.69, 9.17) is 0 Å². The van der Waals surface area contributed by atoms with Crippen LogP contribution in [-0.2, 0) is 26.2 Å². The molecule has 0 heterocycles. The molecule has 0 aliphatic carbocycles. The van der Waals surface area contributed by atoms with Gasteiger partial charge >= 0.3 is 106 Å². The molecule has 0 spiro atoms. The molecular weight excluding hydrogens is 692 g/mol. The Hall–Kier alpha value is 0.236. The van der Waals surface area contributed by atoms with Crippen molar-refractivity contribution in [3.63, 3.8) is 0 Å². The standard InChI is InChI=1S/3C8H18N.C7H5F6Ge.Zr/c3*1-5-7(3)9-8(4)6-2;8-6(9,10)14(7(11,12)13)5-3-1-2-4-5;/h3*7-8H,5-6H2,1-4H3;1-4,14H;/q4*-1;+4. The molecule has 0 saturated heterocycles. The maximum Gasteiger partial charge on any atom is 4.00 e. The third-order valence-corrected chi connectivity index (χ3v) is 11.7. The van der Waals surface area contributed by atoms with Gasteiger partial charge in [-0.25, -0.2) is 0 Å². The van der Waals surface area contributed by atoms with Crippen molar-refractivity contribution < 1.29 is 52.5 Å². The number of halogens is 6. The Morgan fingerprint density at radius 2 is 0.690 bits per heavy atom. The second-order valence-corrected chi connectivity index (χ2v) is 16.7. The van der Waals surface area contributed by atoms with Crippen molar-refractivity contribution in [2.24, 2.45) is 0 Å². The Kier molecular flexibility index (Phi) is 32.2. The molecule has 1 aromatic rings. The summed E-state index contributed by atoms with van der Waals surface area (Å²) in [6.45, 7) is 26.1. The van der Waals surface area contributed by atoms with Crippen molar-refractivity contribution in [3.8, 4) is 0 Å². The molecule has 0 amide bonds. The van der Waals surface area contributed by atoms with Crippen molar-refractivity contribution >= 4 is 18.7 Å². The maximum absolute atomic E-state index is 12.1. The molecule has 0 radical (unpaired) electrons. The second kappa shape index (κ2) is 27.5. The van der Waals surface area contributed by atoms with Gasteiger partial charge in [-0.3, -0.25) is 0 Å². The van der Waals surface area contributed by atoms with E-state index in [2.05, 4.69) is 99.0 Å². The van der Waals surface area contributed by atoms with Crippen LogP contribution in [0.15, 0.2) is 24.3 Å². The van der Waals surface area contributed by atoms with Gasteiger partial charge in [0, 0.05) is 0 Å². The summed E-state index contributed by atoms with van der Waals surface area (Å²) in [4.78, 5) is 0. The molecule has 6 atom stereocenters. The molecule has 248 valence electrons. The average molecular weight is 752 g/mol. The van der Waals surface area contributed by atoms with Crippen LogP contribution in [0.4, 0.5) is 26.3 Å². The van der Waals surface area contributed by atoms with E-state index in [1.165, 1.54) is 50.7 Å². The minimum Gasteiger partial charge on any atom is 4.00 e. The largest absolute Gasteiger partial charge is 4.00 e. The van der Waals surface area contributed by atoms with Crippen LogP contribution < -0.4 is 4.40 Å². The molecule has 1 aromatic carbocycles. The van der Waals surface area contributed by atoms with E-state index >= 15 is 0 Å². The fraction of sp³-hybridized carbons (Fsp3) is 0.839. The minimum atomic E-state index is -5.46. The molecule has 0 saturated carbocycles. The number of hydrogen-bond acceptors (Lipinski definition) is 0. The molecule has 11 heteroatoms. The summed E-state index contributed by atoms with van der Waals surface area (Å²) in [5.41, 5.74) is 0. The topological polar surface area (TPSA) is 42.3 Å². The maximum atomic E-state index is 12.1. The van der Waals surface area contributed by atoms with Crippen molar-refractivity contribution in [3.05, 3.63) is 40.2 Å². The molecule has 6 unspecified atom stereocenters. The van der Waals surface area contributed by atoms with Gasteiger partial charge in [-0.2, -0.15) is 0 Å². The van der Waals surface area contributed by atoms with Crippen LogP contribution in [0.25, 0.3) is 16.0 Å². The molecule has 0 N–H and O–H groups in total. The number of rotatable bonds is 13. The number of alkyl halides is 6. The first-order chi connectivity index (χ1) is 18.8.